The zero-order valence-electron chi connectivity index (χ0n) is 16.7. The first-order valence-corrected chi connectivity index (χ1v) is 11.2. The molecule has 3 aromatic rings. The molecule has 0 aliphatic heterocycles. The normalized spacial score (nSPS) is 13.9. The number of hydrogen-bond acceptors (Lipinski definition) is 6. The molecule has 31 heavy (non-hydrogen) atoms. The molecule has 1 saturated carbocycles. The standard InChI is InChI=1S/C21H19FN2O6S/c1-24(31(2,27)28)16-10-17-15(9-14(16)11-3-4-11)18(20(25)30-21(23)26)19(29-17)12-5-7-13(22)8-6-12/h5-11H,3-4H2,1-2H3,(H2,23,26). The number of fused-ring (bicyclic) bond motifs is 1. The minimum Gasteiger partial charge on any atom is -0.455 e. The molecule has 0 unspecified atom stereocenters. The fourth-order valence-electron chi connectivity index (χ4n) is 3.47. The van der Waals surface area contributed by atoms with Crippen molar-refractivity contribution >= 4 is 38.7 Å². The minimum atomic E-state index is -3.55. The topological polar surface area (TPSA) is 120 Å². The molecular weight excluding hydrogens is 427 g/mol. The molecule has 1 heterocycles. The van der Waals surface area contributed by atoms with E-state index >= 15 is 0 Å². The monoisotopic (exact) mass is 446 g/mol. The van der Waals surface area contributed by atoms with E-state index in [-0.39, 0.29) is 22.8 Å². The Hall–Kier alpha value is -3.40. The van der Waals surface area contributed by atoms with Crippen molar-refractivity contribution in [3.8, 4) is 11.3 Å². The van der Waals surface area contributed by atoms with E-state index in [1.54, 1.807) is 6.07 Å². The Balaban J connectivity index is 2.00. The number of primary amides is 1. The highest BCUT2D eigenvalue weighted by Crippen LogP contribution is 2.47. The number of hydrogen-bond donors (Lipinski definition) is 1. The van der Waals surface area contributed by atoms with Crippen molar-refractivity contribution in [3.63, 3.8) is 0 Å². The van der Waals surface area contributed by atoms with Gasteiger partial charge >= 0.3 is 12.1 Å². The highest BCUT2D eigenvalue weighted by atomic mass is 32.2. The number of furan rings is 1. The molecule has 0 bridgehead atoms. The highest BCUT2D eigenvalue weighted by molar-refractivity contribution is 7.92. The SMILES string of the molecule is CN(c1cc2oc(-c3ccc(F)cc3)c(C(=O)OC(N)=O)c2cc1C1CC1)S(C)(=O)=O. The summed E-state index contributed by atoms with van der Waals surface area (Å²) in [6.07, 6.45) is 1.57. The lowest BCUT2D eigenvalue weighted by Crippen LogP contribution is -2.25. The zero-order valence-corrected chi connectivity index (χ0v) is 17.5. The van der Waals surface area contributed by atoms with Crippen LogP contribution in [0, 0.1) is 5.82 Å². The largest absolute Gasteiger partial charge is 0.455 e. The van der Waals surface area contributed by atoms with Crippen LogP contribution in [0.2, 0.25) is 0 Å². The lowest BCUT2D eigenvalue weighted by atomic mass is 10.0. The molecule has 0 spiro atoms. The highest BCUT2D eigenvalue weighted by Gasteiger charge is 2.32. The predicted molar refractivity (Wildman–Crippen MR) is 112 cm³/mol. The molecule has 0 radical (unpaired) electrons. The van der Waals surface area contributed by atoms with Gasteiger partial charge in [-0.25, -0.2) is 22.4 Å². The van der Waals surface area contributed by atoms with Gasteiger partial charge in [0.15, 0.2) is 0 Å². The first-order valence-electron chi connectivity index (χ1n) is 9.38. The maximum atomic E-state index is 13.4. The summed E-state index contributed by atoms with van der Waals surface area (Å²) in [5.41, 5.74) is 6.73. The number of carbonyl (C=O) groups is 2. The summed E-state index contributed by atoms with van der Waals surface area (Å²) in [5, 5.41) is 0.345. The molecule has 0 saturated heterocycles. The van der Waals surface area contributed by atoms with Gasteiger partial charge in [0.2, 0.25) is 10.0 Å². The number of nitrogens with two attached hydrogens (primary N) is 1. The number of amides is 1. The molecule has 0 atom stereocenters. The average Bonchev–Trinajstić information content (AvgIpc) is 3.46. The van der Waals surface area contributed by atoms with Gasteiger partial charge < -0.3 is 14.9 Å². The van der Waals surface area contributed by atoms with E-state index in [1.807, 2.05) is 0 Å². The molecule has 1 aliphatic carbocycles. The molecule has 1 amide bonds. The smallest absolute Gasteiger partial charge is 0.412 e. The Bertz CT molecular complexity index is 1310. The van der Waals surface area contributed by atoms with Gasteiger partial charge in [0.1, 0.15) is 22.7 Å². The Morgan fingerprint density at radius 1 is 1.19 bits per heavy atom. The number of ether oxygens (including phenoxy) is 1. The summed E-state index contributed by atoms with van der Waals surface area (Å²) < 4.78 is 49.3. The molecule has 162 valence electrons. The number of anilines is 1. The Morgan fingerprint density at radius 2 is 1.84 bits per heavy atom. The summed E-state index contributed by atoms with van der Waals surface area (Å²) in [4.78, 5) is 23.9. The number of benzene rings is 2. The summed E-state index contributed by atoms with van der Waals surface area (Å²) in [6.45, 7) is 0. The summed E-state index contributed by atoms with van der Waals surface area (Å²) in [7, 11) is -2.11. The summed E-state index contributed by atoms with van der Waals surface area (Å²) >= 11 is 0. The van der Waals surface area contributed by atoms with Crippen LogP contribution in [0.1, 0.15) is 34.7 Å². The minimum absolute atomic E-state index is 0.0455. The number of nitrogens with zero attached hydrogens (tertiary/aromatic N) is 1. The van der Waals surface area contributed by atoms with Crippen molar-refractivity contribution in [1.82, 2.24) is 0 Å². The van der Waals surface area contributed by atoms with E-state index in [4.69, 9.17) is 10.2 Å². The van der Waals surface area contributed by atoms with Crippen LogP contribution >= 0.6 is 0 Å². The van der Waals surface area contributed by atoms with Crippen LogP contribution < -0.4 is 10.0 Å². The van der Waals surface area contributed by atoms with Gasteiger partial charge in [-0.3, -0.25) is 4.31 Å². The lowest BCUT2D eigenvalue weighted by Gasteiger charge is -2.20. The van der Waals surface area contributed by atoms with E-state index in [2.05, 4.69) is 4.74 Å². The van der Waals surface area contributed by atoms with Gasteiger partial charge in [-0.2, -0.15) is 0 Å². The maximum Gasteiger partial charge on any atom is 0.412 e. The van der Waals surface area contributed by atoms with E-state index in [1.165, 1.54) is 37.4 Å². The molecule has 1 fully saturated rings. The molecule has 8 nitrogen and oxygen atoms in total. The molecular formula is C21H19FN2O6S. The third-order valence-corrected chi connectivity index (χ3v) is 6.39. The van der Waals surface area contributed by atoms with Crippen LogP contribution in [0.3, 0.4) is 0 Å². The van der Waals surface area contributed by atoms with Crippen molar-refractivity contribution in [3.05, 3.63) is 53.3 Å². The quantitative estimate of drug-likeness (QED) is 0.471. The predicted octanol–water partition coefficient (Wildman–Crippen LogP) is 3.75. The number of esters is 1. The Labute approximate surface area is 177 Å². The molecule has 2 N–H and O–H groups in total. The van der Waals surface area contributed by atoms with Crippen molar-refractivity contribution < 1.29 is 31.6 Å². The Kier molecular flexibility index (Phi) is 4.97. The van der Waals surface area contributed by atoms with Crippen molar-refractivity contribution in [2.24, 2.45) is 5.73 Å². The van der Waals surface area contributed by atoms with Crippen molar-refractivity contribution in [1.29, 1.82) is 0 Å². The number of halogens is 1. The third-order valence-electron chi connectivity index (χ3n) is 5.20. The first kappa shape index (κ1) is 20.9. The lowest BCUT2D eigenvalue weighted by molar-refractivity contribution is 0.0640. The van der Waals surface area contributed by atoms with E-state index in [0.717, 1.165) is 29.0 Å². The van der Waals surface area contributed by atoms with Crippen LogP contribution in [0.5, 0.6) is 0 Å². The van der Waals surface area contributed by atoms with Gasteiger partial charge in [0.05, 0.1) is 11.9 Å². The fourth-order valence-corrected chi connectivity index (χ4v) is 3.99. The molecule has 10 heteroatoms. The molecule has 1 aromatic heterocycles. The molecule has 2 aromatic carbocycles. The van der Waals surface area contributed by atoms with E-state index < -0.39 is 27.9 Å². The van der Waals surface area contributed by atoms with E-state index in [9.17, 15) is 22.4 Å². The van der Waals surface area contributed by atoms with Crippen LogP contribution in [-0.2, 0) is 14.8 Å². The fraction of sp³-hybridized carbons (Fsp3) is 0.238. The van der Waals surface area contributed by atoms with E-state index in [0.29, 0.717) is 16.6 Å². The van der Waals surface area contributed by atoms with Crippen LogP contribution in [-0.4, -0.2) is 33.8 Å². The number of rotatable bonds is 5. The van der Waals surface area contributed by atoms with Crippen molar-refractivity contribution in [2.75, 3.05) is 17.6 Å². The summed E-state index contributed by atoms with van der Waals surface area (Å²) in [6, 6.07) is 8.45. The van der Waals surface area contributed by atoms with Gasteiger partial charge in [-0.15, -0.1) is 0 Å². The molecule has 1 aliphatic rings. The maximum absolute atomic E-state index is 13.4. The second-order valence-electron chi connectivity index (χ2n) is 7.43. The van der Waals surface area contributed by atoms with Crippen LogP contribution in [0.15, 0.2) is 40.8 Å². The van der Waals surface area contributed by atoms with Gasteiger partial charge in [0.25, 0.3) is 0 Å². The second-order valence-corrected chi connectivity index (χ2v) is 9.45. The Morgan fingerprint density at radius 3 is 2.39 bits per heavy atom. The first-order chi connectivity index (χ1) is 14.6. The second kappa shape index (κ2) is 7.38. The van der Waals surface area contributed by atoms with Gasteiger partial charge in [0, 0.05) is 24.1 Å². The van der Waals surface area contributed by atoms with Crippen LogP contribution in [0.4, 0.5) is 14.9 Å². The summed E-state index contributed by atoms with van der Waals surface area (Å²) in [5.74, 6) is -1.30. The average molecular weight is 446 g/mol. The third kappa shape index (κ3) is 3.98. The molecule has 4 rings (SSSR count). The van der Waals surface area contributed by atoms with Gasteiger partial charge in [-0.1, -0.05) is 0 Å². The number of sulfonamides is 1. The van der Waals surface area contributed by atoms with Crippen LogP contribution in [0.25, 0.3) is 22.3 Å². The number of carbonyl (C=O) groups excluding carboxylic acids is 2. The zero-order chi connectivity index (χ0) is 22.5. The van der Waals surface area contributed by atoms with Crippen molar-refractivity contribution in [2.45, 2.75) is 18.8 Å². The van der Waals surface area contributed by atoms with Gasteiger partial charge in [-0.05, 0) is 54.7 Å².